The third-order valence-electron chi connectivity index (χ3n) is 1.64. The summed E-state index contributed by atoms with van der Waals surface area (Å²) >= 11 is 1.63. The van der Waals surface area contributed by atoms with Crippen molar-refractivity contribution in [2.45, 2.75) is 0 Å². The highest BCUT2D eigenvalue weighted by Crippen LogP contribution is 2.12. The molecule has 0 saturated heterocycles. The van der Waals surface area contributed by atoms with Gasteiger partial charge < -0.3 is 4.37 Å². The lowest BCUT2D eigenvalue weighted by Gasteiger charge is -1.90. The maximum atomic E-state index is 3.13. The van der Waals surface area contributed by atoms with E-state index in [4.69, 9.17) is 0 Å². The van der Waals surface area contributed by atoms with Gasteiger partial charge >= 0.3 is 0 Å². The molecule has 0 bridgehead atoms. The fourth-order valence-corrected chi connectivity index (χ4v) is 1.74. The van der Waals surface area contributed by atoms with Crippen LogP contribution in [0, 0.1) is 0 Å². The summed E-state index contributed by atoms with van der Waals surface area (Å²) in [5, 5.41) is 1.26. The molecule has 2 aromatic rings. The predicted molar refractivity (Wildman–Crippen MR) is 53.8 cm³/mol. The van der Waals surface area contributed by atoms with Gasteiger partial charge in [-0.2, -0.15) is 0 Å². The van der Waals surface area contributed by atoms with Gasteiger partial charge in [0.25, 0.3) is 0 Å². The molecule has 0 amide bonds. The summed E-state index contributed by atoms with van der Waals surface area (Å²) < 4.78 is 4.39. The topological polar surface area (TPSA) is 15.8 Å². The van der Waals surface area contributed by atoms with Gasteiger partial charge in [0.1, 0.15) is 0 Å². The molecule has 0 atom stereocenters. The van der Waals surface area contributed by atoms with Crippen molar-refractivity contribution in [2.24, 2.45) is 0 Å². The molecule has 60 valence electrons. The zero-order valence-corrected chi connectivity index (χ0v) is 7.34. The first-order valence-corrected chi connectivity index (χ1v) is 4.63. The zero-order chi connectivity index (χ0) is 8.23. The van der Waals surface area contributed by atoms with E-state index in [-0.39, 0.29) is 0 Å². The van der Waals surface area contributed by atoms with Crippen LogP contribution in [0.5, 0.6) is 0 Å². The van der Waals surface area contributed by atoms with E-state index in [1.54, 1.807) is 11.5 Å². The second-order valence-corrected chi connectivity index (χ2v) is 3.36. The van der Waals surface area contributed by atoms with Crippen molar-refractivity contribution in [3.8, 4) is 0 Å². The molecule has 0 spiro atoms. The first kappa shape index (κ1) is 7.37. The molecule has 0 aliphatic heterocycles. The number of nitrogens with one attached hydrogen (secondary N) is 1. The summed E-state index contributed by atoms with van der Waals surface area (Å²) in [7, 11) is 0. The van der Waals surface area contributed by atoms with Gasteiger partial charge in [-0.25, -0.2) is 0 Å². The van der Waals surface area contributed by atoms with Crippen LogP contribution >= 0.6 is 11.5 Å². The number of benzene rings is 1. The SMILES string of the molecule is c1ccc2ccccc2s[nH]c1. The Morgan fingerprint density at radius 1 is 0.917 bits per heavy atom. The van der Waals surface area contributed by atoms with Crippen LogP contribution in [-0.4, -0.2) is 4.37 Å². The fraction of sp³-hybridized carbons (Fsp3) is 0. The molecule has 2 rings (SSSR count). The number of aromatic amines is 1. The number of hydrogen-bond donors (Lipinski definition) is 1. The van der Waals surface area contributed by atoms with Gasteiger partial charge in [-0.05, 0) is 17.5 Å². The first-order chi connectivity index (χ1) is 5.97. The number of aromatic nitrogens is 1. The lowest BCUT2D eigenvalue weighted by molar-refractivity contribution is 1.54. The van der Waals surface area contributed by atoms with E-state index in [0.29, 0.717) is 0 Å². The molecule has 0 radical (unpaired) electrons. The van der Waals surface area contributed by atoms with E-state index in [9.17, 15) is 0 Å². The second-order valence-electron chi connectivity index (χ2n) is 2.48. The minimum atomic E-state index is 1.26. The van der Waals surface area contributed by atoms with E-state index in [0.717, 1.165) is 0 Å². The van der Waals surface area contributed by atoms with Crippen LogP contribution in [0.15, 0.2) is 48.7 Å². The van der Waals surface area contributed by atoms with Gasteiger partial charge in [0, 0.05) is 6.20 Å². The van der Waals surface area contributed by atoms with E-state index < -0.39 is 0 Å². The Kier molecular flexibility index (Phi) is 2.10. The number of hydrogen-bond acceptors (Lipinski definition) is 1. The quantitative estimate of drug-likeness (QED) is 0.632. The van der Waals surface area contributed by atoms with E-state index in [1.807, 2.05) is 24.4 Å². The Morgan fingerprint density at radius 3 is 2.58 bits per heavy atom. The van der Waals surface area contributed by atoms with Crippen molar-refractivity contribution in [1.82, 2.24) is 4.37 Å². The molecule has 0 fully saturated rings. The highest BCUT2D eigenvalue weighted by atomic mass is 32.1. The summed E-state index contributed by atoms with van der Waals surface area (Å²) in [4.78, 5) is 0. The van der Waals surface area contributed by atoms with Crippen molar-refractivity contribution in [2.75, 3.05) is 0 Å². The highest BCUT2D eigenvalue weighted by Gasteiger charge is 1.84. The Balaban J connectivity index is 2.83. The lowest BCUT2D eigenvalue weighted by atomic mass is 10.2. The molecular formula is C10H9NS. The summed E-state index contributed by atoms with van der Waals surface area (Å²) in [5.41, 5.74) is 0. The minimum Gasteiger partial charge on any atom is -0.318 e. The Morgan fingerprint density at radius 2 is 1.67 bits per heavy atom. The highest BCUT2D eigenvalue weighted by molar-refractivity contribution is 7.12. The van der Waals surface area contributed by atoms with Gasteiger partial charge in [0.15, 0.2) is 0 Å². The largest absolute Gasteiger partial charge is 0.318 e. The maximum absolute atomic E-state index is 3.13. The predicted octanol–water partition coefficient (Wildman–Crippen LogP) is 3.35. The summed E-state index contributed by atoms with van der Waals surface area (Å²) in [5.74, 6) is 0. The maximum Gasteiger partial charge on any atom is 0.0513 e. The van der Waals surface area contributed by atoms with Crippen LogP contribution in [-0.2, 0) is 0 Å². The average Bonchev–Trinajstić information content (AvgIpc) is 2.06. The third-order valence-corrected chi connectivity index (χ3v) is 2.48. The molecule has 2 heteroatoms. The van der Waals surface area contributed by atoms with Gasteiger partial charge in [-0.1, -0.05) is 41.9 Å². The minimum absolute atomic E-state index is 1.26. The molecule has 0 unspecified atom stereocenters. The number of H-pyrrole nitrogens is 1. The molecule has 0 aliphatic rings. The molecule has 1 nitrogen and oxygen atoms in total. The standard InChI is InChI=1S/C10H9NS/c1-2-7-10-9(5-1)6-3-4-8-11-12-10/h1-8,11H. The molecular weight excluding hydrogens is 166 g/mol. The van der Waals surface area contributed by atoms with Crippen LogP contribution in [0.2, 0.25) is 0 Å². The first-order valence-electron chi connectivity index (χ1n) is 3.81. The molecule has 1 N–H and O–H groups in total. The lowest BCUT2D eigenvalue weighted by Crippen LogP contribution is -1.65. The van der Waals surface area contributed by atoms with Crippen molar-refractivity contribution in [3.05, 3.63) is 48.7 Å². The zero-order valence-electron chi connectivity index (χ0n) is 6.53. The Labute approximate surface area is 75.1 Å². The summed E-state index contributed by atoms with van der Waals surface area (Å²) in [6.07, 6.45) is 1.93. The summed E-state index contributed by atoms with van der Waals surface area (Å²) in [6.45, 7) is 0. The Hall–Kier alpha value is -1.28. The van der Waals surface area contributed by atoms with Crippen LogP contribution < -0.4 is 0 Å². The third kappa shape index (κ3) is 1.48. The van der Waals surface area contributed by atoms with Crippen molar-refractivity contribution >= 4 is 21.6 Å². The molecule has 1 heterocycles. The van der Waals surface area contributed by atoms with Gasteiger partial charge in [-0.3, -0.25) is 0 Å². The van der Waals surface area contributed by atoms with Crippen molar-refractivity contribution < 1.29 is 0 Å². The monoisotopic (exact) mass is 175 g/mol. The van der Waals surface area contributed by atoms with Crippen molar-refractivity contribution in [1.29, 1.82) is 0 Å². The van der Waals surface area contributed by atoms with Gasteiger partial charge in [0.05, 0.1) is 4.70 Å². The van der Waals surface area contributed by atoms with Crippen LogP contribution in [0.25, 0.3) is 10.1 Å². The van der Waals surface area contributed by atoms with Crippen LogP contribution in [0.4, 0.5) is 0 Å². The van der Waals surface area contributed by atoms with Crippen molar-refractivity contribution in [3.63, 3.8) is 0 Å². The van der Waals surface area contributed by atoms with Crippen LogP contribution in [0.3, 0.4) is 0 Å². The second kappa shape index (κ2) is 3.41. The molecule has 1 aromatic heterocycles. The van der Waals surface area contributed by atoms with E-state index in [2.05, 4.69) is 28.6 Å². The van der Waals surface area contributed by atoms with E-state index in [1.165, 1.54) is 10.1 Å². The molecule has 0 saturated carbocycles. The fourth-order valence-electron chi connectivity index (χ4n) is 1.06. The van der Waals surface area contributed by atoms with Gasteiger partial charge in [-0.15, -0.1) is 0 Å². The molecule has 0 aliphatic carbocycles. The normalized spacial score (nSPS) is 9.67. The Bertz CT molecular complexity index is 372. The number of fused-ring (bicyclic) bond motifs is 1. The summed E-state index contributed by atoms with van der Waals surface area (Å²) in [6, 6.07) is 14.5. The smallest absolute Gasteiger partial charge is 0.0513 e. The average molecular weight is 175 g/mol. The number of rotatable bonds is 0. The molecule has 12 heavy (non-hydrogen) atoms. The van der Waals surface area contributed by atoms with Gasteiger partial charge in [0.2, 0.25) is 0 Å². The van der Waals surface area contributed by atoms with E-state index >= 15 is 0 Å². The molecule has 1 aromatic carbocycles. The van der Waals surface area contributed by atoms with Crippen LogP contribution in [0.1, 0.15) is 0 Å².